The van der Waals surface area contributed by atoms with Crippen LogP contribution in [0, 0.1) is 6.92 Å². The first-order valence-corrected chi connectivity index (χ1v) is 8.69. The lowest BCUT2D eigenvalue weighted by Gasteiger charge is -2.16. The highest BCUT2D eigenvalue weighted by Gasteiger charge is 2.21. The molecular formula is C13H21BrN2O2S. The molecule has 0 aromatic heterocycles. The Kier molecular flexibility index (Phi) is 6.29. The van der Waals surface area contributed by atoms with E-state index in [-0.39, 0.29) is 0 Å². The molecule has 0 fully saturated rings. The standard InChI is InChI=1S/C13H21BrN2O2S/c1-4-7-15-9-11(3)19(17,18)16-13-8-10(2)5-6-12(13)14/h5-6,8,11,15-16H,4,7,9H2,1-3H3. The Labute approximate surface area is 124 Å². The molecule has 0 saturated carbocycles. The van der Waals surface area contributed by atoms with Gasteiger partial charge in [-0.15, -0.1) is 0 Å². The van der Waals surface area contributed by atoms with E-state index in [9.17, 15) is 8.42 Å². The van der Waals surface area contributed by atoms with Crippen LogP contribution in [0.4, 0.5) is 5.69 Å². The van der Waals surface area contributed by atoms with E-state index in [2.05, 4.69) is 26.0 Å². The molecule has 0 heterocycles. The van der Waals surface area contributed by atoms with Crippen molar-refractivity contribution in [1.29, 1.82) is 0 Å². The van der Waals surface area contributed by atoms with Crippen molar-refractivity contribution in [2.75, 3.05) is 17.8 Å². The molecule has 19 heavy (non-hydrogen) atoms. The van der Waals surface area contributed by atoms with Gasteiger partial charge in [-0.2, -0.15) is 0 Å². The molecule has 0 amide bonds. The SMILES string of the molecule is CCCNCC(C)S(=O)(=O)Nc1cc(C)ccc1Br. The van der Waals surface area contributed by atoms with Crippen LogP contribution in [0.5, 0.6) is 0 Å². The van der Waals surface area contributed by atoms with Crippen LogP contribution in [0.3, 0.4) is 0 Å². The van der Waals surface area contributed by atoms with E-state index < -0.39 is 15.3 Å². The zero-order valence-electron chi connectivity index (χ0n) is 11.5. The predicted octanol–water partition coefficient (Wildman–Crippen LogP) is 2.89. The Balaban J connectivity index is 2.75. The van der Waals surface area contributed by atoms with Crippen molar-refractivity contribution in [3.63, 3.8) is 0 Å². The lowest BCUT2D eigenvalue weighted by molar-refractivity contribution is 0.576. The van der Waals surface area contributed by atoms with Gasteiger partial charge < -0.3 is 5.32 Å². The molecule has 0 saturated heterocycles. The third kappa shape index (κ3) is 5.12. The average molecular weight is 349 g/mol. The van der Waals surface area contributed by atoms with Crippen molar-refractivity contribution >= 4 is 31.6 Å². The van der Waals surface area contributed by atoms with Crippen LogP contribution in [0.25, 0.3) is 0 Å². The highest BCUT2D eigenvalue weighted by atomic mass is 79.9. The molecule has 0 aliphatic rings. The largest absolute Gasteiger partial charge is 0.315 e. The smallest absolute Gasteiger partial charge is 0.236 e. The summed E-state index contributed by atoms with van der Waals surface area (Å²) in [5.41, 5.74) is 1.60. The van der Waals surface area contributed by atoms with Gasteiger partial charge in [0.2, 0.25) is 10.0 Å². The zero-order chi connectivity index (χ0) is 14.5. The summed E-state index contributed by atoms with van der Waals surface area (Å²) < 4.78 is 27.8. The zero-order valence-corrected chi connectivity index (χ0v) is 13.9. The third-order valence-corrected chi connectivity index (χ3v) is 5.18. The van der Waals surface area contributed by atoms with E-state index in [4.69, 9.17) is 0 Å². The van der Waals surface area contributed by atoms with Crippen LogP contribution in [-0.2, 0) is 10.0 Å². The Hall–Kier alpha value is -0.590. The van der Waals surface area contributed by atoms with E-state index in [1.54, 1.807) is 6.92 Å². The van der Waals surface area contributed by atoms with Crippen LogP contribution in [0.15, 0.2) is 22.7 Å². The van der Waals surface area contributed by atoms with E-state index >= 15 is 0 Å². The van der Waals surface area contributed by atoms with Crippen LogP contribution in [0.1, 0.15) is 25.8 Å². The van der Waals surface area contributed by atoms with E-state index in [0.29, 0.717) is 12.2 Å². The number of aryl methyl sites for hydroxylation is 1. The maximum absolute atomic E-state index is 12.2. The lowest BCUT2D eigenvalue weighted by Crippen LogP contribution is -2.35. The number of rotatable bonds is 7. The maximum atomic E-state index is 12.2. The first-order valence-electron chi connectivity index (χ1n) is 6.35. The molecule has 4 nitrogen and oxygen atoms in total. The first kappa shape index (κ1) is 16.5. The van der Waals surface area contributed by atoms with Crippen molar-refractivity contribution in [1.82, 2.24) is 5.32 Å². The van der Waals surface area contributed by atoms with Gasteiger partial charge >= 0.3 is 0 Å². The molecule has 1 aromatic rings. The van der Waals surface area contributed by atoms with Gasteiger partial charge in [-0.3, -0.25) is 4.72 Å². The Bertz CT molecular complexity index is 517. The van der Waals surface area contributed by atoms with Gasteiger partial charge in [0.15, 0.2) is 0 Å². The second kappa shape index (κ2) is 7.26. The fourth-order valence-corrected chi connectivity index (χ4v) is 3.05. The second-order valence-electron chi connectivity index (χ2n) is 4.65. The van der Waals surface area contributed by atoms with E-state index in [0.717, 1.165) is 23.0 Å². The van der Waals surface area contributed by atoms with Crippen LogP contribution in [0.2, 0.25) is 0 Å². The Morgan fingerprint density at radius 1 is 1.37 bits per heavy atom. The third-order valence-electron chi connectivity index (χ3n) is 2.76. The number of hydrogen-bond acceptors (Lipinski definition) is 3. The van der Waals surface area contributed by atoms with Crippen LogP contribution < -0.4 is 10.0 Å². The molecule has 0 aliphatic carbocycles. The number of anilines is 1. The molecule has 6 heteroatoms. The lowest BCUT2D eigenvalue weighted by atomic mass is 10.2. The number of halogens is 1. The summed E-state index contributed by atoms with van der Waals surface area (Å²) in [4.78, 5) is 0. The van der Waals surface area contributed by atoms with E-state index in [1.807, 2.05) is 32.0 Å². The predicted molar refractivity (Wildman–Crippen MR) is 84.0 cm³/mol. The highest BCUT2D eigenvalue weighted by Crippen LogP contribution is 2.25. The molecule has 2 N–H and O–H groups in total. The minimum absolute atomic E-state index is 0.451. The van der Waals surface area contributed by atoms with Gasteiger partial charge in [-0.05, 0) is 60.4 Å². The van der Waals surface area contributed by atoms with Crippen molar-refractivity contribution in [3.05, 3.63) is 28.2 Å². The second-order valence-corrected chi connectivity index (χ2v) is 7.60. The fourth-order valence-electron chi connectivity index (χ4n) is 1.56. The van der Waals surface area contributed by atoms with Gasteiger partial charge in [-0.25, -0.2) is 8.42 Å². The monoisotopic (exact) mass is 348 g/mol. The van der Waals surface area contributed by atoms with Crippen LogP contribution in [-0.4, -0.2) is 26.8 Å². The van der Waals surface area contributed by atoms with Crippen molar-refractivity contribution < 1.29 is 8.42 Å². The molecule has 1 rings (SSSR count). The molecular weight excluding hydrogens is 328 g/mol. The molecule has 0 spiro atoms. The maximum Gasteiger partial charge on any atom is 0.236 e. The average Bonchev–Trinajstić information content (AvgIpc) is 2.33. The number of nitrogens with one attached hydrogen (secondary N) is 2. The molecule has 1 unspecified atom stereocenters. The molecule has 1 atom stereocenters. The topological polar surface area (TPSA) is 58.2 Å². The summed E-state index contributed by atoms with van der Waals surface area (Å²) >= 11 is 3.35. The minimum atomic E-state index is -3.38. The molecule has 0 radical (unpaired) electrons. The Morgan fingerprint density at radius 2 is 2.05 bits per heavy atom. The van der Waals surface area contributed by atoms with Gasteiger partial charge in [0.25, 0.3) is 0 Å². The summed E-state index contributed by atoms with van der Waals surface area (Å²) in [5.74, 6) is 0. The van der Waals surface area contributed by atoms with E-state index in [1.165, 1.54) is 0 Å². The van der Waals surface area contributed by atoms with Gasteiger partial charge in [0.1, 0.15) is 0 Å². The van der Waals surface area contributed by atoms with Gasteiger partial charge in [-0.1, -0.05) is 13.0 Å². The molecule has 108 valence electrons. The summed E-state index contributed by atoms with van der Waals surface area (Å²) in [6, 6.07) is 5.58. The highest BCUT2D eigenvalue weighted by molar-refractivity contribution is 9.10. The van der Waals surface area contributed by atoms with Crippen molar-refractivity contribution in [3.8, 4) is 0 Å². The van der Waals surface area contributed by atoms with Crippen LogP contribution >= 0.6 is 15.9 Å². The number of hydrogen-bond donors (Lipinski definition) is 2. The summed E-state index contributed by atoms with van der Waals surface area (Å²) in [7, 11) is -3.38. The van der Waals surface area contributed by atoms with Gasteiger partial charge in [0, 0.05) is 11.0 Å². The summed E-state index contributed by atoms with van der Waals surface area (Å²) in [5, 5.41) is 2.64. The normalized spacial score (nSPS) is 13.3. The summed E-state index contributed by atoms with van der Waals surface area (Å²) in [6.07, 6.45) is 0.990. The first-order chi connectivity index (χ1) is 8.86. The summed E-state index contributed by atoms with van der Waals surface area (Å²) in [6.45, 7) is 6.96. The Morgan fingerprint density at radius 3 is 2.68 bits per heavy atom. The molecule has 0 aliphatic heterocycles. The minimum Gasteiger partial charge on any atom is -0.315 e. The van der Waals surface area contributed by atoms with Crippen molar-refractivity contribution in [2.24, 2.45) is 0 Å². The quantitative estimate of drug-likeness (QED) is 0.745. The number of sulfonamides is 1. The number of benzene rings is 1. The molecule has 0 bridgehead atoms. The van der Waals surface area contributed by atoms with Crippen molar-refractivity contribution in [2.45, 2.75) is 32.4 Å². The van der Waals surface area contributed by atoms with Gasteiger partial charge in [0.05, 0.1) is 10.9 Å². The molecule has 1 aromatic carbocycles. The fraction of sp³-hybridized carbons (Fsp3) is 0.538.